The number of hydrogen-bond donors (Lipinski definition) is 1. The Morgan fingerprint density at radius 3 is 2.73 bits per heavy atom. The van der Waals surface area contributed by atoms with Gasteiger partial charge in [0.1, 0.15) is 10.3 Å². The Labute approximate surface area is 102 Å². The van der Waals surface area contributed by atoms with Gasteiger partial charge in [-0.1, -0.05) is 23.8 Å². The molecule has 2 aromatic heterocycles. The van der Waals surface area contributed by atoms with Crippen LogP contribution >= 0.6 is 35.2 Å². The summed E-state index contributed by atoms with van der Waals surface area (Å²) in [5, 5.41) is 9.77. The number of nitrogens with one attached hydrogen (secondary N) is 1. The summed E-state index contributed by atoms with van der Waals surface area (Å²) < 4.78 is 0.684. The zero-order valence-corrected chi connectivity index (χ0v) is 10.7. The molecule has 0 aliphatic carbocycles. The van der Waals surface area contributed by atoms with Crippen molar-refractivity contribution < 1.29 is 0 Å². The molecule has 0 unspecified atom stereocenters. The Hall–Kier alpha value is -0.710. The molecule has 2 aromatic rings. The summed E-state index contributed by atoms with van der Waals surface area (Å²) in [7, 11) is 0. The molecule has 0 aliphatic heterocycles. The second-order valence-corrected chi connectivity index (χ2v) is 4.98. The molecule has 5 heteroatoms. The molecule has 0 fully saturated rings. The molecule has 0 aromatic carbocycles. The first-order valence-electron chi connectivity index (χ1n) is 4.40. The fourth-order valence-electron chi connectivity index (χ4n) is 1.31. The van der Waals surface area contributed by atoms with Gasteiger partial charge in [-0.2, -0.15) is 5.10 Å². The predicted molar refractivity (Wildman–Crippen MR) is 67.2 cm³/mol. The number of hydrogen-bond acceptors (Lipinski definition) is 3. The fraction of sp³-hybridized carbons (Fsp3) is 0.200. The second kappa shape index (κ2) is 4.04. The highest BCUT2D eigenvalue weighted by Crippen LogP contribution is 2.34. The molecule has 0 bridgehead atoms. The van der Waals surface area contributed by atoms with Crippen molar-refractivity contribution in [1.82, 2.24) is 10.2 Å². The summed E-state index contributed by atoms with van der Waals surface area (Å²) in [6, 6.07) is 1.87. The molecule has 0 atom stereocenters. The molecule has 0 spiro atoms. The van der Waals surface area contributed by atoms with Crippen LogP contribution in [-0.2, 0) is 0 Å². The van der Waals surface area contributed by atoms with E-state index in [9.17, 15) is 0 Å². The topological polar surface area (TPSA) is 28.7 Å². The van der Waals surface area contributed by atoms with Gasteiger partial charge in [-0.05, 0) is 36.4 Å². The van der Waals surface area contributed by atoms with Crippen molar-refractivity contribution >= 4 is 35.2 Å². The first-order valence-corrected chi connectivity index (χ1v) is 6.07. The standard InChI is InChI=1S/C10H9ClN2S2/c1-5-6(2)10(14)13-12-8(5)9-7(11)3-4-15-9/h3-4H,1-2H3,(H,13,14). The maximum Gasteiger partial charge on any atom is 0.122 e. The summed E-state index contributed by atoms with van der Waals surface area (Å²) in [6.07, 6.45) is 0. The number of halogens is 1. The van der Waals surface area contributed by atoms with Crippen LogP contribution in [0.25, 0.3) is 10.6 Å². The molecule has 2 heterocycles. The van der Waals surface area contributed by atoms with Crippen LogP contribution in [0, 0.1) is 18.5 Å². The Morgan fingerprint density at radius 2 is 2.13 bits per heavy atom. The van der Waals surface area contributed by atoms with Crippen LogP contribution in [0.15, 0.2) is 11.4 Å². The maximum absolute atomic E-state index is 6.07. The van der Waals surface area contributed by atoms with E-state index in [2.05, 4.69) is 10.2 Å². The van der Waals surface area contributed by atoms with Crippen molar-refractivity contribution in [3.05, 3.63) is 32.2 Å². The number of aromatic amines is 1. The van der Waals surface area contributed by atoms with Crippen LogP contribution < -0.4 is 0 Å². The lowest BCUT2D eigenvalue weighted by atomic mass is 10.1. The van der Waals surface area contributed by atoms with Crippen molar-refractivity contribution in [2.75, 3.05) is 0 Å². The van der Waals surface area contributed by atoms with Crippen molar-refractivity contribution in [3.63, 3.8) is 0 Å². The molecule has 0 saturated carbocycles. The average Bonchev–Trinajstić information content (AvgIpc) is 2.62. The number of H-pyrrole nitrogens is 1. The van der Waals surface area contributed by atoms with Gasteiger partial charge in [0.25, 0.3) is 0 Å². The van der Waals surface area contributed by atoms with E-state index in [1.807, 2.05) is 25.3 Å². The van der Waals surface area contributed by atoms with Gasteiger partial charge in [-0.25, -0.2) is 0 Å². The normalized spacial score (nSPS) is 10.6. The third kappa shape index (κ3) is 1.85. The molecule has 2 nitrogen and oxygen atoms in total. The van der Waals surface area contributed by atoms with E-state index < -0.39 is 0 Å². The minimum atomic E-state index is 0.684. The van der Waals surface area contributed by atoms with Gasteiger partial charge >= 0.3 is 0 Å². The Morgan fingerprint density at radius 1 is 1.40 bits per heavy atom. The van der Waals surface area contributed by atoms with E-state index in [0.29, 0.717) is 4.64 Å². The van der Waals surface area contributed by atoms with Crippen LogP contribution in [0.4, 0.5) is 0 Å². The smallest absolute Gasteiger partial charge is 0.122 e. The van der Waals surface area contributed by atoms with E-state index in [-0.39, 0.29) is 0 Å². The third-order valence-electron chi connectivity index (χ3n) is 2.36. The van der Waals surface area contributed by atoms with Gasteiger partial charge in [0.2, 0.25) is 0 Å². The first kappa shape index (κ1) is 10.8. The summed E-state index contributed by atoms with van der Waals surface area (Å²) in [5.41, 5.74) is 3.03. The second-order valence-electron chi connectivity index (χ2n) is 3.25. The number of thiophene rings is 1. The van der Waals surface area contributed by atoms with E-state index in [4.69, 9.17) is 23.8 Å². The fourth-order valence-corrected chi connectivity index (χ4v) is 2.70. The lowest BCUT2D eigenvalue weighted by molar-refractivity contribution is 0.990. The lowest BCUT2D eigenvalue weighted by Crippen LogP contribution is -1.95. The highest BCUT2D eigenvalue weighted by molar-refractivity contribution is 7.71. The van der Waals surface area contributed by atoms with Crippen LogP contribution in [-0.4, -0.2) is 10.2 Å². The molecule has 0 radical (unpaired) electrons. The molecule has 15 heavy (non-hydrogen) atoms. The van der Waals surface area contributed by atoms with Gasteiger partial charge in [-0.15, -0.1) is 11.3 Å². The van der Waals surface area contributed by atoms with Crippen molar-refractivity contribution in [1.29, 1.82) is 0 Å². The zero-order chi connectivity index (χ0) is 11.0. The van der Waals surface area contributed by atoms with Gasteiger partial charge in [0, 0.05) is 0 Å². The molecule has 2 rings (SSSR count). The van der Waals surface area contributed by atoms with Gasteiger partial charge in [-0.3, -0.25) is 5.10 Å². The monoisotopic (exact) mass is 256 g/mol. The predicted octanol–water partition coefficient (Wildman–Crippen LogP) is 4.14. The van der Waals surface area contributed by atoms with E-state index in [1.165, 1.54) is 0 Å². The molecular weight excluding hydrogens is 248 g/mol. The van der Waals surface area contributed by atoms with Gasteiger partial charge < -0.3 is 0 Å². The van der Waals surface area contributed by atoms with Crippen LogP contribution in [0.5, 0.6) is 0 Å². The van der Waals surface area contributed by atoms with E-state index >= 15 is 0 Å². The number of rotatable bonds is 1. The Kier molecular flexibility index (Phi) is 2.91. The molecule has 0 amide bonds. The number of aromatic nitrogens is 2. The van der Waals surface area contributed by atoms with E-state index in [0.717, 1.165) is 26.7 Å². The van der Waals surface area contributed by atoms with Crippen LogP contribution in [0.3, 0.4) is 0 Å². The third-order valence-corrected chi connectivity index (χ3v) is 4.11. The average molecular weight is 257 g/mol. The zero-order valence-electron chi connectivity index (χ0n) is 8.30. The quantitative estimate of drug-likeness (QED) is 0.777. The highest BCUT2D eigenvalue weighted by atomic mass is 35.5. The van der Waals surface area contributed by atoms with Crippen LogP contribution in [0.1, 0.15) is 11.1 Å². The molecular formula is C10H9ClN2S2. The molecule has 0 aliphatic rings. The van der Waals surface area contributed by atoms with Gasteiger partial charge in [0.15, 0.2) is 0 Å². The van der Waals surface area contributed by atoms with Gasteiger partial charge in [0.05, 0.1) is 9.90 Å². The molecule has 78 valence electrons. The summed E-state index contributed by atoms with van der Waals surface area (Å²) >= 11 is 12.8. The highest BCUT2D eigenvalue weighted by Gasteiger charge is 2.11. The van der Waals surface area contributed by atoms with Crippen molar-refractivity contribution in [2.45, 2.75) is 13.8 Å². The summed E-state index contributed by atoms with van der Waals surface area (Å²) in [5.74, 6) is 0. The minimum Gasteiger partial charge on any atom is -0.267 e. The largest absolute Gasteiger partial charge is 0.267 e. The number of nitrogens with zero attached hydrogens (tertiary/aromatic N) is 1. The lowest BCUT2D eigenvalue weighted by Gasteiger charge is -2.05. The summed E-state index contributed by atoms with van der Waals surface area (Å²) in [6.45, 7) is 4.00. The van der Waals surface area contributed by atoms with E-state index in [1.54, 1.807) is 11.3 Å². The Balaban J connectivity index is 2.70. The molecule has 0 saturated heterocycles. The first-order chi connectivity index (χ1) is 7.11. The molecule has 1 N–H and O–H groups in total. The van der Waals surface area contributed by atoms with Crippen molar-refractivity contribution in [3.8, 4) is 10.6 Å². The minimum absolute atomic E-state index is 0.684. The Bertz CT molecular complexity index is 557. The summed E-state index contributed by atoms with van der Waals surface area (Å²) in [4.78, 5) is 0.989. The SMILES string of the molecule is Cc1c(-c2sccc2Cl)n[nH]c(=S)c1C. The van der Waals surface area contributed by atoms with Crippen molar-refractivity contribution in [2.24, 2.45) is 0 Å². The van der Waals surface area contributed by atoms with Crippen LogP contribution in [0.2, 0.25) is 5.02 Å². The maximum atomic E-state index is 6.07.